The van der Waals surface area contributed by atoms with Gasteiger partial charge in [-0.15, -0.1) is 0 Å². The number of carbonyl (C=O) groups excluding carboxylic acids is 1. The lowest BCUT2D eigenvalue weighted by molar-refractivity contribution is 0.0954. The van der Waals surface area contributed by atoms with Crippen LogP contribution in [0.5, 0.6) is 5.75 Å². The molecule has 0 atom stereocenters. The average Bonchev–Trinajstić information content (AvgIpc) is 2.99. The lowest BCUT2D eigenvalue weighted by Crippen LogP contribution is -2.25. The van der Waals surface area contributed by atoms with Crippen molar-refractivity contribution in [2.24, 2.45) is 0 Å². The first kappa shape index (κ1) is 15.9. The Kier molecular flexibility index (Phi) is 4.67. The summed E-state index contributed by atoms with van der Waals surface area (Å²) in [6.45, 7) is 0.496. The van der Waals surface area contributed by atoms with E-state index < -0.39 is 0 Å². The van der Waals surface area contributed by atoms with Gasteiger partial charge in [-0.2, -0.15) is 0 Å². The molecule has 24 heavy (non-hydrogen) atoms. The van der Waals surface area contributed by atoms with Crippen molar-refractivity contribution in [3.8, 4) is 5.75 Å². The highest BCUT2D eigenvalue weighted by atomic mass is 16.5. The number of nitrogens with zero attached hydrogens (tertiary/aromatic N) is 1. The van der Waals surface area contributed by atoms with Crippen molar-refractivity contribution in [2.45, 2.75) is 6.42 Å². The molecule has 6 nitrogen and oxygen atoms in total. The Morgan fingerprint density at radius 2 is 2.04 bits per heavy atom. The number of fused-ring (bicyclic) bond motifs is 1. The summed E-state index contributed by atoms with van der Waals surface area (Å²) in [5, 5.41) is 13.1. The van der Waals surface area contributed by atoms with Crippen molar-refractivity contribution in [2.75, 3.05) is 19.2 Å². The summed E-state index contributed by atoms with van der Waals surface area (Å²) in [4.78, 5) is 12.1. The van der Waals surface area contributed by atoms with Crippen LogP contribution in [0.4, 0.5) is 0 Å². The Morgan fingerprint density at radius 1 is 1.25 bits per heavy atom. The maximum Gasteiger partial charge on any atom is 0.251 e. The maximum atomic E-state index is 12.1. The van der Waals surface area contributed by atoms with E-state index in [2.05, 4.69) is 10.9 Å². The van der Waals surface area contributed by atoms with Crippen LogP contribution in [-0.4, -0.2) is 29.4 Å². The molecule has 3 aromatic rings. The first-order valence-electron chi connectivity index (χ1n) is 7.64. The average molecular weight is 327 g/mol. The number of carbonyl (C=O) groups is 1. The van der Waals surface area contributed by atoms with Crippen molar-refractivity contribution in [1.29, 1.82) is 0 Å². The zero-order valence-electron chi connectivity index (χ0n) is 13.3. The van der Waals surface area contributed by atoms with Crippen molar-refractivity contribution < 1.29 is 16.2 Å². The predicted octanol–water partition coefficient (Wildman–Crippen LogP) is 2.80. The Balaban J connectivity index is 0.00000225. The molecular formula is C18H21N3O3. The van der Waals surface area contributed by atoms with Gasteiger partial charge in [-0.3, -0.25) is 10.0 Å². The first-order chi connectivity index (χ1) is 11.7. The Bertz CT molecular complexity index is 849. The topological polar surface area (TPSA) is 75.5 Å². The van der Waals surface area contributed by atoms with E-state index in [-0.39, 0.29) is 7.33 Å². The molecule has 6 heteroatoms. The summed E-state index contributed by atoms with van der Waals surface area (Å²) in [6, 6.07) is 14.7. The number of benzene rings is 2. The second-order valence-electron chi connectivity index (χ2n) is 5.38. The van der Waals surface area contributed by atoms with Crippen molar-refractivity contribution in [1.82, 2.24) is 9.99 Å². The predicted molar refractivity (Wildman–Crippen MR) is 94.2 cm³/mol. The molecule has 0 aliphatic heterocycles. The minimum atomic E-state index is -0.0998. The Hall–Kier alpha value is -2.99. The third-order valence-electron chi connectivity index (χ3n) is 3.92. The smallest absolute Gasteiger partial charge is 0.251 e. The minimum Gasteiger partial charge on any atom is -0.497 e. The molecule has 0 aliphatic rings. The van der Waals surface area contributed by atoms with Crippen LogP contribution >= 0.6 is 0 Å². The van der Waals surface area contributed by atoms with E-state index in [0.29, 0.717) is 18.5 Å². The SMILES string of the molecule is COc1ccc2c(c1)c(CCNC(=O)c1ccccc1)cn2NO.[HH]. The number of rotatable bonds is 6. The third-order valence-corrected chi connectivity index (χ3v) is 3.92. The molecule has 0 saturated heterocycles. The van der Waals surface area contributed by atoms with Crippen LogP contribution in [0.15, 0.2) is 54.7 Å². The second-order valence-corrected chi connectivity index (χ2v) is 5.38. The van der Waals surface area contributed by atoms with Gasteiger partial charge < -0.3 is 10.1 Å². The zero-order valence-corrected chi connectivity index (χ0v) is 13.3. The Labute approximate surface area is 141 Å². The van der Waals surface area contributed by atoms with Gasteiger partial charge in [0.05, 0.1) is 12.6 Å². The summed E-state index contributed by atoms with van der Waals surface area (Å²) in [5.74, 6) is 0.643. The molecule has 3 N–H and O–H groups in total. The summed E-state index contributed by atoms with van der Waals surface area (Å²) in [7, 11) is 1.61. The number of ether oxygens (including phenoxy) is 1. The fourth-order valence-electron chi connectivity index (χ4n) is 2.69. The summed E-state index contributed by atoms with van der Waals surface area (Å²) in [5.41, 5.74) is 4.61. The molecule has 2 aromatic carbocycles. The normalized spacial score (nSPS) is 10.6. The monoisotopic (exact) mass is 327 g/mol. The lowest BCUT2D eigenvalue weighted by Gasteiger charge is -2.05. The fraction of sp³-hybridized carbons (Fsp3) is 0.167. The molecule has 0 fully saturated rings. The number of aromatic nitrogens is 1. The van der Waals surface area contributed by atoms with Crippen LogP contribution in [0.25, 0.3) is 10.9 Å². The summed E-state index contributed by atoms with van der Waals surface area (Å²) in [6.07, 6.45) is 2.44. The molecule has 126 valence electrons. The van der Waals surface area contributed by atoms with Gasteiger partial charge in [-0.25, -0.2) is 10.3 Å². The largest absolute Gasteiger partial charge is 0.497 e. The van der Waals surface area contributed by atoms with E-state index in [0.717, 1.165) is 22.2 Å². The zero-order chi connectivity index (χ0) is 16.9. The van der Waals surface area contributed by atoms with Crippen molar-refractivity contribution >= 4 is 16.8 Å². The van der Waals surface area contributed by atoms with Crippen LogP contribution in [-0.2, 0) is 6.42 Å². The molecule has 1 heterocycles. The van der Waals surface area contributed by atoms with Gasteiger partial charge in [0.15, 0.2) is 0 Å². The molecule has 1 aromatic heterocycles. The quantitative estimate of drug-likeness (QED) is 0.609. The highest BCUT2D eigenvalue weighted by molar-refractivity contribution is 5.94. The van der Waals surface area contributed by atoms with Crippen molar-refractivity contribution in [3.05, 3.63) is 65.9 Å². The molecule has 0 bridgehead atoms. The van der Waals surface area contributed by atoms with Gasteiger partial charge in [0.25, 0.3) is 5.91 Å². The first-order valence-corrected chi connectivity index (χ1v) is 7.64. The lowest BCUT2D eigenvalue weighted by atomic mass is 10.1. The highest BCUT2D eigenvalue weighted by Crippen LogP contribution is 2.25. The van der Waals surface area contributed by atoms with E-state index >= 15 is 0 Å². The standard InChI is InChI=1S/C18H19N3O3.H2/c1-24-15-7-8-17-16(11-15)14(12-21(17)20-23)9-10-19-18(22)13-5-3-2-4-6-13;/h2-8,11-12,20,23H,9-10H2,1H3,(H,19,22);1H. The van der Waals surface area contributed by atoms with Gasteiger partial charge >= 0.3 is 0 Å². The van der Waals surface area contributed by atoms with E-state index in [1.807, 2.05) is 36.4 Å². The van der Waals surface area contributed by atoms with E-state index in [9.17, 15) is 10.0 Å². The number of amides is 1. The van der Waals surface area contributed by atoms with Crippen molar-refractivity contribution in [3.63, 3.8) is 0 Å². The van der Waals surface area contributed by atoms with E-state index in [4.69, 9.17) is 4.74 Å². The maximum absolute atomic E-state index is 12.1. The number of hydrogen-bond donors (Lipinski definition) is 3. The summed E-state index contributed by atoms with van der Waals surface area (Å²) < 4.78 is 6.79. The fourth-order valence-corrected chi connectivity index (χ4v) is 2.69. The molecule has 0 radical (unpaired) electrons. The molecular weight excluding hydrogens is 306 g/mol. The number of methoxy groups -OCH3 is 1. The molecule has 3 rings (SSSR count). The van der Waals surface area contributed by atoms with Crippen LogP contribution in [0.2, 0.25) is 0 Å². The van der Waals surface area contributed by atoms with Gasteiger partial charge in [0.2, 0.25) is 0 Å². The highest BCUT2D eigenvalue weighted by Gasteiger charge is 2.10. The van der Waals surface area contributed by atoms with Gasteiger partial charge in [0, 0.05) is 25.1 Å². The second kappa shape index (κ2) is 7.06. The van der Waals surface area contributed by atoms with Gasteiger partial charge in [-0.1, -0.05) is 18.2 Å². The van der Waals surface area contributed by atoms with Crippen LogP contribution < -0.4 is 15.6 Å². The minimum absolute atomic E-state index is 0. The molecule has 0 aliphatic carbocycles. The van der Waals surface area contributed by atoms with Gasteiger partial charge in [-0.05, 0) is 42.3 Å². The molecule has 0 unspecified atom stereocenters. The molecule has 1 amide bonds. The van der Waals surface area contributed by atoms with E-state index in [1.165, 1.54) is 4.68 Å². The van der Waals surface area contributed by atoms with Crippen LogP contribution in [0.1, 0.15) is 17.3 Å². The Morgan fingerprint density at radius 3 is 2.75 bits per heavy atom. The van der Waals surface area contributed by atoms with Gasteiger partial charge in [0.1, 0.15) is 5.75 Å². The van der Waals surface area contributed by atoms with Crippen LogP contribution in [0, 0.1) is 0 Å². The number of nitrogens with one attached hydrogen (secondary N) is 2. The van der Waals surface area contributed by atoms with E-state index in [1.54, 1.807) is 25.4 Å². The van der Waals surface area contributed by atoms with Crippen LogP contribution in [0.3, 0.4) is 0 Å². The third kappa shape index (κ3) is 3.18. The number of hydrogen-bond acceptors (Lipinski definition) is 4. The summed E-state index contributed by atoms with van der Waals surface area (Å²) >= 11 is 0. The molecule has 0 spiro atoms. The molecule has 0 saturated carbocycles.